The van der Waals surface area contributed by atoms with E-state index >= 15 is 0 Å². The molecule has 0 aliphatic carbocycles. The van der Waals surface area contributed by atoms with Crippen LogP contribution in [0.25, 0.3) is 0 Å². The van der Waals surface area contributed by atoms with Crippen LogP contribution in [0.5, 0.6) is 0 Å². The second kappa shape index (κ2) is 18.2. The molecule has 1 aliphatic heterocycles. The van der Waals surface area contributed by atoms with Crippen LogP contribution < -0.4 is 0 Å². The third kappa shape index (κ3) is 12.6. The Labute approximate surface area is 174 Å². The molecule has 4 heteroatoms. The second-order valence-corrected chi connectivity index (χ2v) is 8.28. The van der Waals surface area contributed by atoms with Gasteiger partial charge in [-0.05, 0) is 25.7 Å². The van der Waals surface area contributed by atoms with Crippen LogP contribution in [0.15, 0.2) is 16.6 Å². The maximum atomic E-state index is 9.41. The van der Waals surface area contributed by atoms with E-state index < -0.39 is 0 Å². The van der Waals surface area contributed by atoms with Crippen LogP contribution in [0, 0.1) is 0 Å². The highest BCUT2D eigenvalue weighted by Gasteiger charge is 2.16. The van der Waals surface area contributed by atoms with Gasteiger partial charge in [0, 0.05) is 19.8 Å². The predicted molar refractivity (Wildman–Crippen MR) is 121 cm³/mol. The summed E-state index contributed by atoms with van der Waals surface area (Å²) in [7, 11) is 0. The zero-order chi connectivity index (χ0) is 20.3. The SMILES string of the molecule is CCCCCCCCCCCCCCC(=CC(CCO)N1C=NCC1)CCO. The molecule has 28 heavy (non-hydrogen) atoms. The van der Waals surface area contributed by atoms with E-state index in [1.54, 1.807) is 0 Å². The number of nitrogens with zero attached hydrogens (tertiary/aromatic N) is 2. The summed E-state index contributed by atoms with van der Waals surface area (Å²) in [5.41, 5.74) is 1.34. The van der Waals surface area contributed by atoms with Crippen LogP contribution in [-0.4, -0.2) is 53.8 Å². The summed E-state index contributed by atoms with van der Waals surface area (Å²) in [6, 6.07) is 0.218. The quantitative estimate of drug-likeness (QED) is 0.225. The molecule has 2 N–H and O–H groups in total. The molecule has 0 radical (unpaired) electrons. The highest BCUT2D eigenvalue weighted by Crippen LogP contribution is 2.19. The van der Waals surface area contributed by atoms with E-state index in [1.165, 1.54) is 82.6 Å². The topological polar surface area (TPSA) is 56.1 Å². The molecule has 0 saturated heterocycles. The maximum absolute atomic E-state index is 9.41. The Bertz CT molecular complexity index is 409. The van der Waals surface area contributed by atoms with Crippen LogP contribution in [0.4, 0.5) is 0 Å². The van der Waals surface area contributed by atoms with Crippen molar-refractivity contribution in [1.29, 1.82) is 0 Å². The summed E-state index contributed by atoms with van der Waals surface area (Å²) in [4.78, 5) is 6.52. The standard InChI is InChI=1S/C24H46N2O2/c1-2-3-4-5-6-7-8-9-10-11-12-13-14-23(15-19-27)21-24(16-20-28)26-18-17-25-22-26/h21-22,24,27-28H,2-20H2,1H3. The summed E-state index contributed by atoms with van der Waals surface area (Å²) >= 11 is 0. The molecular formula is C24H46N2O2. The molecule has 1 unspecified atom stereocenters. The van der Waals surface area contributed by atoms with Gasteiger partial charge in [-0.15, -0.1) is 0 Å². The fraction of sp³-hybridized carbons (Fsp3) is 0.875. The minimum atomic E-state index is 0.191. The first-order chi connectivity index (χ1) is 13.8. The lowest BCUT2D eigenvalue weighted by Gasteiger charge is -2.24. The Morgan fingerprint density at radius 2 is 1.50 bits per heavy atom. The number of rotatable bonds is 19. The average Bonchev–Trinajstić information content (AvgIpc) is 3.23. The molecule has 1 atom stereocenters. The fourth-order valence-electron chi connectivity index (χ4n) is 4.02. The van der Waals surface area contributed by atoms with E-state index in [4.69, 9.17) is 0 Å². The molecule has 0 spiro atoms. The van der Waals surface area contributed by atoms with Crippen molar-refractivity contribution in [3.8, 4) is 0 Å². The molecule has 0 aromatic heterocycles. The summed E-state index contributed by atoms with van der Waals surface area (Å²) in [6.07, 6.45) is 23.2. The molecule has 0 fully saturated rings. The highest BCUT2D eigenvalue weighted by atomic mass is 16.3. The third-order valence-electron chi connectivity index (χ3n) is 5.78. The molecule has 0 bridgehead atoms. The van der Waals surface area contributed by atoms with Crippen molar-refractivity contribution in [2.45, 2.75) is 109 Å². The summed E-state index contributed by atoms with van der Waals surface area (Å²) in [6.45, 7) is 4.47. The average molecular weight is 395 g/mol. The van der Waals surface area contributed by atoms with Crippen molar-refractivity contribution in [2.75, 3.05) is 26.3 Å². The molecule has 4 nitrogen and oxygen atoms in total. The van der Waals surface area contributed by atoms with Gasteiger partial charge in [0.2, 0.25) is 0 Å². The van der Waals surface area contributed by atoms with Gasteiger partial charge in [0.25, 0.3) is 0 Å². The van der Waals surface area contributed by atoms with Crippen LogP contribution in [0.1, 0.15) is 103 Å². The Balaban J connectivity index is 2.14. The van der Waals surface area contributed by atoms with Crippen molar-refractivity contribution in [1.82, 2.24) is 4.90 Å². The lowest BCUT2D eigenvalue weighted by atomic mass is 9.99. The van der Waals surface area contributed by atoms with Gasteiger partial charge < -0.3 is 15.1 Å². The Morgan fingerprint density at radius 1 is 0.893 bits per heavy atom. The fourth-order valence-corrected chi connectivity index (χ4v) is 4.02. The van der Waals surface area contributed by atoms with Crippen molar-refractivity contribution in [2.24, 2.45) is 4.99 Å². The van der Waals surface area contributed by atoms with Crippen molar-refractivity contribution < 1.29 is 10.2 Å². The molecule has 1 heterocycles. The Morgan fingerprint density at radius 3 is 2.00 bits per heavy atom. The summed E-state index contributed by atoms with van der Waals surface area (Å²) < 4.78 is 0. The first kappa shape index (κ1) is 25.2. The molecular weight excluding hydrogens is 348 g/mol. The van der Waals surface area contributed by atoms with Crippen molar-refractivity contribution in [3.63, 3.8) is 0 Å². The van der Waals surface area contributed by atoms with Gasteiger partial charge >= 0.3 is 0 Å². The first-order valence-electron chi connectivity index (χ1n) is 12.0. The van der Waals surface area contributed by atoms with E-state index in [0.717, 1.165) is 32.4 Å². The molecule has 164 valence electrons. The van der Waals surface area contributed by atoms with Crippen LogP contribution >= 0.6 is 0 Å². The third-order valence-corrected chi connectivity index (χ3v) is 5.78. The van der Waals surface area contributed by atoms with Gasteiger partial charge in [0.05, 0.1) is 18.9 Å². The van der Waals surface area contributed by atoms with E-state index in [2.05, 4.69) is 22.9 Å². The molecule has 0 aromatic carbocycles. The first-order valence-corrected chi connectivity index (χ1v) is 12.0. The van der Waals surface area contributed by atoms with Crippen LogP contribution in [0.3, 0.4) is 0 Å². The smallest absolute Gasteiger partial charge is 0.0856 e. The lowest BCUT2D eigenvalue weighted by Crippen LogP contribution is -2.32. The zero-order valence-electron chi connectivity index (χ0n) is 18.5. The summed E-state index contributed by atoms with van der Waals surface area (Å²) in [5, 5.41) is 18.8. The molecule has 0 saturated carbocycles. The number of aliphatic hydroxyl groups excluding tert-OH is 2. The zero-order valence-corrected chi connectivity index (χ0v) is 18.5. The van der Waals surface area contributed by atoms with Gasteiger partial charge in [-0.25, -0.2) is 0 Å². The number of hydrogen-bond donors (Lipinski definition) is 2. The largest absolute Gasteiger partial charge is 0.396 e. The number of unbranched alkanes of at least 4 members (excludes halogenated alkanes) is 11. The second-order valence-electron chi connectivity index (χ2n) is 8.28. The Kier molecular flexibility index (Phi) is 16.3. The highest BCUT2D eigenvalue weighted by molar-refractivity contribution is 5.58. The van der Waals surface area contributed by atoms with Crippen molar-refractivity contribution in [3.05, 3.63) is 11.6 Å². The van der Waals surface area contributed by atoms with Crippen molar-refractivity contribution >= 4 is 6.34 Å². The van der Waals surface area contributed by atoms with E-state index in [9.17, 15) is 10.2 Å². The maximum Gasteiger partial charge on any atom is 0.0856 e. The van der Waals surface area contributed by atoms with E-state index in [0.29, 0.717) is 0 Å². The molecule has 0 amide bonds. The van der Waals surface area contributed by atoms with Gasteiger partial charge in [-0.3, -0.25) is 4.99 Å². The minimum Gasteiger partial charge on any atom is -0.396 e. The summed E-state index contributed by atoms with van der Waals surface area (Å²) in [5.74, 6) is 0. The number of aliphatic imine (C=N–C) groups is 1. The van der Waals surface area contributed by atoms with Gasteiger partial charge in [-0.1, -0.05) is 89.2 Å². The predicted octanol–water partition coefficient (Wildman–Crippen LogP) is 5.48. The number of aliphatic hydroxyl groups is 2. The van der Waals surface area contributed by atoms with Gasteiger partial charge in [0.15, 0.2) is 0 Å². The molecule has 0 aromatic rings. The van der Waals surface area contributed by atoms with E-state index in [1.807, 2.05) is 6.34 Å². The van der Waals surface area contributed by atoms with Gasteiger partial charge in [-0.2, -0.15) is 0 Å². The minimum absolute atomic E-state index is 0.191. The lowest BCUT2D eigenvalue weighted by molar-refractivity contribution is 0.248. The molecule has 1 rings (SSSR count). The normalized spacial score (nSPS) is 15.5. The van der Waals surface area contributed by atoms with Crippen LogP contribution in [-0.2, 0) is 0 Å². The van der Waals surface area contributed by atoms with Crippen LogP contribution in [0.2, 0.25) is 0 Å². The Hall–Kier alpha value is -0.870. The van der Waals surface area contributed by atoms with E-state index in [-0.39, 0.29) is 19.3 Å². The number of hydrogen-bond acceptors (Lipinski definition) is 4. The molecule has 1 aliphatic rings. The van der Waals surface area contributed by atoms with Gasteiger partial charge in [0.1, 0.15) is 0 Å². The monoisotopic (exact) mass is 394 g/mol.